The first-order valence-electron chi connectivity index (χ1n) is 4.78. The molecule has 5 nitrogen and oxygen atoms in total. The van der Waals surface area contributed by atoms with E-state index in [0.29, 0.717) is 0 Å². The normalized spacial score (nSPS) is 11.8. The number of nitrogens with zero attached hydrogens (tertiary/aromatic N) is 2. The maximum absolute atomic E-state index is 13.3. The van der Waals surface area contributed by atoms with Gasteiger partial charge in [0.25, 0.3) is 0 Å². The van der Waals surface area contributed by atoms with Gasteiger partial charge in [0, 0.05) is 26.8 Å². The molecule has 0 aromatic carbocycles. The molecule has 17 heavy (non-hydrogen) atoms. The van der Waals surface area contributed by atoms with E-state index in [-0.39, 0.29) is 23.1 Å². The highest BCUT2D eigenvalue weighted by atomic mass is 35.5. The average Bonchev–Trinajstić information content (AvgIpc) is 2.21. The van der Waals surface area contributed by atoms with Gasteiger partial charge in [0.1, 0.15) is 0 Å². The average molecular weight is 282 g/mol. The Balaban J connectivity index is 2.58. The maximum atomic E-state index is 13.3. The molecular weight excluding hydrogens is 269 g/mol. The van der Waals surface area contributed by atoms with Crippen molar-refractivity contribution in [2.75, 3.05) is 31.7 Å². The molecule has 8 heteroatoms. The summed E-state index contributed by atoms with van der Waals surface area (Å²) in [5, 5.41) is 2.79. The van der Waals surface area contributed by atoms with Crippen molar-refractivity contribution in [3.63, 3.8) is 0 Å². The number of anilines is 1. The lowest BCUT2D eigenvalue weighted by Gasteiger charge is -2.12. The van der Waals surface area contributed by atoms with Crippen molar-refractivity contribution in [1.82, 2.24) is 9.29 Å². The Labute approximate surface area is 105 Å². The summed E-state index contributed by atoms with van der Waals surface area (Å²) in [7, 11) is -0.413. The summed E-state index contributed by atoms with van der Waals surface area (Å²) in [6.45, 7) is 0.0755. The number of aromatic nitrogens is 1. The Hall–Kier alpha value is -0.920. The molecule has 1 aromatic heterocycles. The SMILES string of the molecule is CN(C)S(=O)(=O)CCNc1ncc(Cl)cc1F. The molecule has 0 amide bonds. The van der Waals surface area contributed by atoms with Gasteiger partial charge in [0.05, 0.1) is 10.8 Å². The van der Waals surface area contributed by atoms with Crippen LogP contribution in [0.5, 0.6) is 0 Å². The van der Waals surface area contributed by atoms with Gasteiger partial charge in [-0.2, -0.15) is 0 Å². The van der Waals surface area contributed by atoms with Crippen LogP contribution in [0.4, 0.5) is 10.2 Å². The van der Waals surface area contributed by atoms with Crippen molar-refractivity contribution >= 4 is 27.4 Å². The molecule has 0 saturated carbocycles. The monoisotopic (exact) mass is 281 g/mol. The van der Waals surface area contributed by atoms with Gasteiger partial charge in [-0.05, 0) is 6.07 Å². The second-order valence-electron chi connectivity index (χ2n) is 3.51. The van der Waals surface area contributed by atoms with Crippen LogP contribution in [0.25, 0.3) is 0 Å². The number of sulfonamides is 1. The van der Waals surface area contributed by atoms with Crippen LogP contribution in [-0.4, -0.2) is 44.1 Å². The number of hydrogen-bond donors (Lipinski definition) is 1. The van der Waals surface area contributed by atoms with Crippen LogP contribution in [0.1, 0.15) is 0 Å². The molecule has 1 heterocycles. The number of pyridine rings is 1. The predicted octanol–water partition coefficient (Wildman–Crippen LogP) is 1.18. The summed E-state index contributed by atoms with van der Waals surface area (Å²) in [6.07, 6.45) is 1.29. The van der Waals surface area contributed by atoms with Gasteiger partial charge in [0.2, 0.25) is 10.0 Å². The second-order valence-corrected chi connectivity index (χ2v) is 6.25. The van der Waals surface area contributed by atoms with E-state index >= 15 is 0 Å². The van der Waals surface area contributed by atoms with E-state index < -0.39 is 15.8 Å². The fraction of sp³-hybridized carbons (Fsp3) is 0.444. The number of nitrogens with one attached hydrogen (secondary N) is 1. The Kier molecular flexibility index (Phi) is 4.67. The van der Waals surface area contributed by atoms with Crippen LogP contribution in [0.3, 0.4) is 0 Å². The van der Waals surface area contributed by atoms with Gasteiger partial charge in [0.15, 0.2) is 11.6 Å². The molecule has 0 saturated heterocycles. The summed E-state index contributed by atoms with van der Waals surface area (Å²) in [5.74, 6) is -0.757. The Bertz CT molecular complexity index is 493. The Morgan fingerprint density at radius 3 is 2.71 bits per heavy atom. The minimum Gasteiger partial charge on any atom is -0.367 e. The van der Waals surface area contributed by atoms with Crippen molar-refractivity contribution in [2.24, 2.45) is 0 Å². The number of rotatable bonds is 5. The van der Waals surface area contributed by atoms with Gasteiger partial charge in [-0.3, -0.25) is 0 Å². The van der Waals surface area contributed by atoms with Crippen LogP contribution in [0.15, 0.2) is 12.3 Å². The highest BCUT2D eigenvalue weighted by Gasteiger charge is 2.13. The fourth-order valence-corrected chi connectivity index (χ4v) is 1.90. The number of halogens is 2. The minimum absolute atomic E-state index is 0.0108. The van der Waals surface area contributed by atoms with E-state index in [0.717, 1.165) is 10.4 Å². The van der Waals surface area contributed by atoms with E-state index in [9.17, 15) is 12.8 Å². The molecule has 0 unspecified atom stereocenters. The van der Waals surface area contributed by atoms with Crippen LogP contribution >= 0.6 is 11.6 Å². The molecule has 1 aromatic rings. The number of hydrogen-bond acceptors (Lipinski definition) is 4. The van der Waals surface area contributed by atoms with Crippen LogP contribution in [0, 0.1) is 5.82 Å². The lowest BCUT2D eigenvalue weighted by molar-refractivity contribution is 0.521. The molecular formula is C9H13ClFN3O2S. The molecule has 96 valence electrons. The van der Waals surface area contributed by atoms with E-state index in [4.69, 9.17) is 11.6 Å². The third kappa shape index (κ3) is 4.10. The molecule has 0 aliphatic carbocycles. The minimum atomic E-state index is -3.29. The summed E-state index contributed by atoms with van der Waals surface area (Å²) >= 11 is 5.53. The van der Waals surface area contributed by atoms with Gasteiger partial charge in [-0.1, -0.05) is 11.6 Å². The summed E-state index contributed by atoms with van der Waals surface area (Å²) in [5.41, 5.74) is 0. The van der Waals surface area contributed by atoms with Gasteiger partial charge in [-0.15, -0.1) is 0 Å². The standard InChI is InChI=1S/C9H13ClFN3O2S/c1-14(2)17(15,16)4-3-12-9-8(11)5-7(10)6-13-9/h5-6H,3-4H2,1-2H3,(H,12,13). The van der Waals surface area contributed by atoms with Crippen molar-refractivity contribution in [3.8, 4) is 0 Å². The summed E-state index contributed by atoms with van der Waals surface area (Å²) in [6, 6.07) is 1.11. The summed E-state index contributed by atoms with van der Waals surface area (Å²) < 4.78 is 37.2. The van der Waals surface area contributed by atoms with Crippen molar-refractivity contribution in [3.05, 3.63) is 23.1 Å². The lowest BCUT2D eigenvalue weighted by Crippen LogP contribution is -2.28. The largest absolute Gasteiger partial charge is 0.367 e. The predicted molar refractivity (Wildman–Crippen MR) is 65.2 cm³/mol. The third-order valence-electron chi connectivity index (χ3n) is 2.02. The molecule has 0 aliphatic heterocycles. The molecule has 0 fully saturated rings. The van der Waals surface area contributed by atoms with E-state index in [1.807, 2.05) is 0 Å². The zero-order valence-corrected chi connectivity index (χ0v) is 11.0. The fourth-order valence-electron chi connectivity index (χ4n) is 1.03. The van der Waals surface area contributed by atoms with Crippen molar-refractivity contribution < 1.29 is 12.8 Å². The molecule has 0 aliphatic rings. The molecule has 1 N–H and O–H groups in total. The van der Waals surface area contributed by atoms with Gasteiger partial charge >= 0.3 is 0 Å². The van der Waals surface area contributed by atoms with Crippen molar-refractivity contribution in [2.45, 2.75) is 0 Å². The highest BCUT2D eigenvalue weighted by molar-refractivity contribution is 7.89. The quantitative estimate of drug-likeness (QED) is 0.880. The van der Waals surface area contributed by atoms with Crippen LogP contribution in [-0.2, 0) is 10.0 Å². The Morgan fingerprint density at radius 1 is 1.53 bits per heavy atom. The third-order valence-corrected chi connectivity index (χ3v) is 4.06. The molecule has 0 radical (unpaired) electrons. The van der Waals surface area contributed by atoms with E-state index in [1.165, 1.54) is 20.3 Å². The zero-order valence-electron chi connectivity index (χ0n) is 9.44. The first kappa shape index (κ1) is 14.1. The van der Waals surface area contributed by atoms with Crippen LogP contribution in [0.2, 0.25) is 5.02 Å². The van der Waals surface area contributed by atoms with E-state index in [1.54, 1.807) is 0 Å². The molecule has 0 atom stereocenters. The second kappa shape index (κ2) is 5.61. The summed E-state index contributed by atoms with van der Waals surface area (Å²) in [4.78, 5) is 3.72. The van der Waals surface area contributed by atoms with Crippen molar-refractivity contribution in [1.29, 1.82) is 0 Å². The topological polar surface area (TPSA) is 62.3 Å². The molecule has 0 bridgehead atoms. The lowest BCUT2D eigenvalue weighted by atomic mass is 10.4. The maximum Gasteiger partial charge on any atom is 0.215 e. The van der Waals surface area contributed by atoms with Gasteiger partial charge in [-0.25, -0.2) is 22.1 Å². The van der Waals surface area contributed by atoms with E-state index in [2.05, 4.69) is 10.3 Å². The molecule has 1 rings (SSSR count). The first-order chi connectivity index (χ1) is 7.83. The first-order valence-corrected chi connectivity index (χ1v) is 6.77. The Morgan fingerprint density at radius 2 is 2.18 bits per heavy atom. The van der Waals surface area contributed by atoms with Crippen LogP contribution < -0.4 is 5.32 Å². The highest BCUT2D eigenvalue weighted by Crippen LogP contribution is 2.15. The van der Waals surface area contributed by atoms with Gasteiger partial charge < -0.3 is 5.32 Å². The smallest absolute Gasteiger partial charge is 0.215 e. The molecule has 0 spiro atoms. The zero-order chi connectivity index (χ0) is 13.1.